The second kappa shape index (κ2) is 8.98. The van der Waals surface area contributed by atoms with Crippen LogP contribution in [0.2, 0.25) is 0 Å². The zero-order valence-electron chi connectivity index (χ0n) is 16.3. The van der Waals surface area contributed by atoms with Crippen molar-refractivity contribution in [2.45, 2.75) is 51.2 Å². The first-order valence-electron chi connectivity index (χ1n) is 10.1. The van der Waals surface area contributed by atoms with Crippen LogP contribution >= 0.6 is 0 Å². The van der Waals surface area contributed by atoms with Gasteiger partial charge in [0.1, 0.15) is 0 Å². The molecule has 0 spiro atoms. The molecule has 0 aromatic heterocycles. The maximum atomic E-state index is 12.6. The Kier molecular flexibility index (Phi) is 6.68. The van der Waals surface area contributed by atoms with E-state index >= 15 is 0 Å². The van der Waals surface area contributed by atoms with Gasteiger partial charge in [0.25, 0.3) is 0 Å². The Balaban J connectivity index is 1.41. The molecule has 0 bridgehead atoms. The van der Waals surface area contributed by atoms with E-state index in [1.807, 2.05) is 35.2 Å². The molecular weight excluding hydrogens is 324 g/mol. The number of amides is 1. The fourth-order valence-electron chi connectivity index (χ4n) is 4.33. The first-order chi connectivity index (χ1) is 12.5. The fraction of sp³-hybridized carbons (Fsp3) is 0.667. The smallest absolute Gasteiger partial charge is 0.239 e. The maximum Gasteiger partial charge on any atom is 0.239 e. The highest BCUT2D eigenvalue weighted by Crippen LogP contribution is 2.22. The van der Waals surface area contributed by atoms with Gasteiger partial charge in [-0.3, -0.25) is 14.6 Å². The summed E-state index contributed by atoms with van der Waals surface area (Å²) in [5, 5.41) is 0. The molecule has 26 heavy (non-hydrogen) atoms. The molecule has 0 saturated carbocycles. The van der Waals surface area contributed by atoms with Crippen LogP contribution in [-0.4, -0.2) is 78.0 Å². The summed E-state index contributed by atoms with van der Waals surface area (Å²) in [6.07, 6.45) is 3.26. The van der Waals surface area contributed by atoms with E-state index in [1.165, 1.54) is 12.8 Å². The molecule has 1 aromatic rings. The van der Waals surface area contributed by atoms with Crippen LogP contribution in [0, 0.1) is 0 Å². The maximum absolute atomic E-state index is 12.6. The normalized spacial score (nSPS) is 26.2. The van der Waals surface area contributed by atoms with Crippen LogP contribution < -0.4 is 5.73 Å². The molecule has 0 radical (unpaired) electrons. The van der Waals surface area contributed by atoms with Crippen molar-refractivity contribution < 1.29 is 4.79 Å². The number of likely N-dealkylation sites (tertiary alicyclic amines) is 1. The molecule has 1 amide bonds. The molecule has 2 aliphatic heterocycles. The van der Waals surface area contributed by atoms with Crippen LogP contribution in [0.5, 0.6) is 0 Å². The molecular formula is C21H34N4O. The predicted octanol–water partition coefficient (Wildman–Crippen LogP) is 1.57. The Bertz CT molecular complexity index is 561. The lowest BCUT2D eigenvalue weighted by Crippen LogP contribution is -2.54. The van der Waals surface area contributed by atoms with Crippen LogP contribution in [0.4, 0.5) is 0 Å². The summed E-state index contributed by atoms with van der Waals surface area (Å²) in [6.45, 7) is 10.4. The third-order valence-corrected chi connectivity index (χ3v) is 6.11. The van der Waals surface area contributed by atoms with E-state index in [-0.39, 0.29) is 5.91 Å². The molecule has 5 nitrogen and oxygen atoms in total. The highest BCUT2D eigenvalue weighted by atomic mass is 16.2. The standard InChI is InChI=1S/C21H34N4O/c1-17-8-9-18(2)25(17)15-12-23-10-13-24(14-11-23)21(26)20(22)16-19-6-4-3-5-7-19/h3-7,17-18,20H,8-16,22H2,1-2H3. The van der Waals surface area contributed by atoms with E-state index in [0.29, 0.717) is 18.5 Å². The second-order valence-electron chi connectivity index (χ2n) is 7.98. The van der Waals surface area contributed by atoms with E-state index in [1.54, 1.807) is 0 Å². The van der Waals surface area contributed by atoms with Gasteiger partial charge in [-0.25, -0.2) is 0 Å². The number of carbonyl (C=O) groups excluding carboxylic acids is 1. The monoisotopic (exact) mass is 358 g/mol. The lowest BCUT2D eigenvalue weighted by atomic mass is 10.1. The summed E-state index contributed by atoms with van der Waals surface area (Å²) in [7, 11) is 0. The molecule has 2 fully saturated rings. The summed E-state index contributed by atoms with van der Waals surface area (Å²) >= 11 is 0. The van der Waals surface area contributed by atoms with Crippen molar-refractivity contribution in [3.05, 3.63) is 35.9 Å². The van der Waals surface area contributed by atoms with Crippen molar-refractivity contribution in [1.29, 1.82) is 0 Å². The molecule has 2 aliphatic rings. The Morgan fingerprint density at radius 2 is 1.65 bits per heavy atom. The molecule has 3 unspecified atom stereocenters. The van der Waals surface area contributed by atoms with Gasteiger partial charge in [0.05, 0.1) is 6.04 Å². The zero-order chi connectivity index (χ0) is 18.5. The number of nitrogens with two attached hydrogens (primary N) is 1. The number of hydrogen-bond donors (Lipinski definition) is 1. The Morgan fingerprint density at radius 3 is 2.27 bits per heavy atom. The minimum absolute atomic E-state index is 0.0929. The van der Waals surface area contributed by atoms with Crippen LogP contribution in [0.1, 0.15) is 32.3 Å². The molecule has 2 N–H and O–H groups in total. The van der Waals surface area contributed by atoms with Gasteiger partial charge in [0, 0.05) is 51.4 Å². The van der Waals surface area contributed by atoms with Crippen molar-refractivity contribution in [1.82, 2.24) is 14.7 Å². The van der Waals surface area contributed by atoms with Crippen LogP contribution in [0.3, 0.4) is 0 Å². The SMILES string of the molecule is CC1CCC(C)N1CCN1CCN(C(=O)C(N)Cc2ccccc2)CC1. The van der Waals surface area contributed by atoms with E-state index in [9.17, 15) is 4.79 Å². The highest BCUT2D eigenvalue weighted by Gasteiger charge is 2.29. The number of hydrogen-bond acceptors (Lipinski definition) is 4. The van der Waals surface area contributed by atoms with E-state index in [0.717, 1.165) is 44.8 Å². The molecule has 144 valence electrons. The molecule has 1 aromatic carbocycles. The highest BCUT2D eigenvalue weighted by molar-refractivity contribution is 5.82. The summed E-state index contributed by atoms with van der Waals surface area (Å²) in [6, 6.07) is 11.0. The minimum atomic E-state index is -0.435. The number of carbonyl (C=O) groups is 1. The Morgan fingerprint density at radius 1 is 1.04 bits per heavy atom. The molecule has 2 heterocycles. The fourth-order valence-corrected chi connectivity index (χ4v) is 4.33. The Hall–Kier alpha value is -1.43. The molecule has 3 rings (SSSR count). The van der Waals surface area contributed by atoms with Gasteiger partial charge in [-0.2, -0.15) is 0 Å². The van der Waals surface area contributed by atoms with Crippen LogP contribution in [0.15, 0.2) is 30.3 Å². The lowest BCUT2D eigenvalue weighted by Gasteiger charge is -2.37. The summed E-state index contributed by atoms with van der Waals surface area (Å²) in [4.78, 5) is 19.7. The topological polar surface area (TPSA) is 52.8 Å². The largest absolute Gasteiger partial charge is 0.339 e. The van der Waals surface area contributed by atoms with Crippen molar-refractivity contribution in [2.24, 2.45) is 5.73 Å². The van der Waals surface area contributed by atoms with Crippen molar-refractivity contribution in [2.75, 3.05) is 39.3 Å². The average molecular weight is 359 g/mol. The lowest BCUT2D eigenvalue weighted by molar-refractivity contribution is -0.134. The van der Waals surface area contributed by atoms with Crippen molar-refractivity contribution in [3.63, 3.8) is 0 Å². The first kappa shape index (κ1) is 19.3. The van der Waals surface area contributed by atoms with Gasteiger partial charge in [0.15, 0.2) is 0 Å². The van der Waals surface area contributed by atoms with Crippen molar-refractivity contribution in [3.8, 4) is 0 Å². The second-order valence-corrected chi connectivity index (χ2v) is 7.98. The Labute approximate surface area is 158 Å². The quantitative estimate of drug-likeness (QED) is 0.839. The molecule has 0 aliphatic carbocycles. The van der Waals surface area contributed by atoms with Gasteiger partial charge < -0.3 is 10.6 Å². The number of nitrogens with zero attached hydrogens (tertiary/aromatic N) is 3. The van der Waals surface area contributed by atoms with Gasteiger partial charge in [0.2, 0.25) is 5.91 Å². The average Bonchev–Trinajstić information content (AvgIpc) is 2.98. The third-order valence-electron chi connectivity index (χ3n) is 6.11. The number of piperazine rings is 1. The van der Waals surface area contributed by atoms with Gasteiger partial charge in [-0.05, 0) is 38.7 Å². The molecule has 5 heteroatoms. The number of rotatable bonds is 6. The van der Waals surface area contributed by atoms with Gasteiger partial charge in [-0.15, -0.1) is 0 Å². The van der Waals surface area contributed by atoms with E-state index in [2.05, 4.69) is 23.6 Å². The third kappa shape index (κ3) is 4.84. The number of benzene rings is 1. The van der Waals surface area contributed by atoms with Crippen molar-refractivity contribution >= 4 is 5.91 Å². The molecule has 3 atom stereocenters. The summed E-state index contributed by atoms with van der Waals surface area (Å²) in [5.74, 6) is 0.0929. The molecule has 2 saturated heterocycles. The summed E-state index contributed by atoms with van der Waals surface area (Å²) < 4.78 is 0. The predicted molar refractivity (Wildman–Crippen MR) is 106 cm³/mol. The zero-order valence-corrected chi connectivity index (χ0v) is 16.3. The van der Waals surface area contributed by atoms with Crippen LogP contribution in [0.25, 0.3) is 0 Å². The minimum Gasteiger partial charge on any atom is -0.339 e. The van der Waals surface area contributed by atoms with Gasteiger partial charge in [-0.1, -0.05) is 30.3 Å². The van der Waals surface area contributed by atoms with Gasteiger partial charge >= 0.3 is 0 Å². The van der Waals surface area contributed by atoms with Crippen LogP contribution in [-0.2, 0) is 11.2 Å². The summed E-state index contributed by atoms with van der Waals surface area (Å²) in [5.41, 5.74) is 7.30. The first-order valence-corrected chi connectivity index (χ1v) is 10.1. The van der Waals surface area contributed by atoms with E-state index < -0.39 is 6.04 Å². The van der Waals surface area contributed by atoms with E-state index in [4.69, 9.17) is 5.73 Å².